The molecule has 0 heterocycles. The highest BCUT2D eigenvalue weighted by Crippen LogP contribution is 2.54. The summed E-state index contributed by atoms with van der Waals surface area (Å²) in [7, 11) is 0. The van der Waals surface area contributed by atoms with Gasteiger partial charge >= 0.3 is 0 Å². The lowest BCUT2D eigenvalue weighted by Gasteiger charge is -2.19. The maximum absolute atomic E-state index is 5.85. The maximum atomic E-state index is 5.85. The minimum atomic E-state index is 0.243. The number of hydrogen-bond acceptors (Lipinski definition) is 2. The van der Waals surface area contributed by atoms with Crippen molar-refractivity contribution in [3.63, 3.8) is 0 Å². The molecule has 0 radical (unpaired) electrons. The first-order chi connectivity index (χ1) is 9.72. The van der Waals surface area contributed by atoms with Gasteiger partial charge in [0.2, 0.25) is 0 Å². The topological polar surface area (TPSA) is 38.0 Å². The number of halogens is 1. The number of nitrogens with one attached hydrogen (secondary N) is 1. The van der Waals surface area contributed by atoms with Crippen molar-refractivity contribution < 1.29 is 0 Å². The van der Waals surface area contributed by atoms with Crippen molar-refractivity contribution >= 4 is 22.6 Å². The Balaban J connectivity index is 1.84. The zero-order chi connectivity index (χ0) is 14.1. The Morgan fingerprint density at radius 2 is 1.90 bits per heavy atom. The van der Waals surface area contributed by atoms with Gasteiger partial charge in [-0.3, -0.25) is 11.3 Å². The molecule has 0 amide bonds. The van der Waals surface area contributed by atoms with Crippen molar-refractivity contribution in [2.24, 2.45) is 11.8 Å². The standard InChI is InChI=1S/C17H19IN2/c1-11-6-5-9-13(16(11)18)17(20-19)15-10-14(15)12-7-3-2-4-8-12/h2-9,14-15,17,20H,10,19H2,1H3. The van der Waals surface area contributed by atoms with Gasteiger partial charge in [0.25, 0.3) is 0 Å². The van der Waals surface area contributed by atoms with E-state index in [1.165, 1.54) is 26.7 Å². The van der Waals surface area contributed by atoms with Crippen molar-refractivity contribution in [3.05, 3.63) is 68.8 Å². The monoisotopic (exact) mass is 378 g/mol. The van der Waals surface area contributed by atoms with Gasteiger partial charge in [-0.2, -0.15) is 0 Å². The quantitative estimate of drug-likeness (QED) is 0.481. The summed E-state index contributed by atoms with van der Waals surface area (Å²) < 4.78 is 1.33. The molecule has 104 valence electrons. The Kier molecular flexibility index (Phi) is 4.10. The zero-order valence-electron chi connectivity index (χ0n) is 11.5. The van der Waals surface area contributed by atoms with Gasteiger partial charge in [0, 0.05) is 3.57 Å². The van der Waals surface area contributed by atoms with Gasteiger partial charge in [0.1, 0.15) is 0 Å². The van der Waals surface area contributed by atoms with Crippen LogP contribution in [-0.2, 0) is 0 Å². The van der Waals surface area contributed by atoms with Crippen LogP contribution in [-0.4, -0.2) is 0 Å². The summed E-state index contributed by atoms with van der Waals surface area (Å²) in [6.45, 7) is 2.15. The summed E-state index contributed by atoms with van der Waals surface area (Å²) in [6.07, 6.45) is 1.21. The zero-order valence-corrected chi connectivity index (χ0v) is 13.7. The minimum absolute atomic E-state index is 0.243. The van der Waals surface area contributed by atoms with Crippen molar-refractivity contribution in [2.75, 3.05) is 0 Å². The van der Waals surface area contributed by atoms with E-state index in [0.29, 0.717) is 11.8 Å². The molecule has 2 aromatic carbocycles. The number of nitrogens with two attached hydrogens (primary N) is 1. The van der Waals surface area contributed by atoms with Gasteiger partial charge in [-0.05, 0) is 64.5 Å². The number of rotatable bonds is 4. The van der Waals surface area contributed by atoms with Crippen LogP contribution in [0.25, 0.3) is 0 Å². The fourth-order valence-corrected chi connectivity index (χ4v) is 3.72. The Bertz CT molecular complexity index is 597. The summed E-state index contributed by atoms with van der Waals surface area (Å²) in [4.78, 5) is 0. The molecule has 3 heteroatoms. The molecule has 0 bridgehead atoms. The third kappa shape index (κ3) is 2.62. The second-order valence-corrected chi connectivity index (χ2v) is 6.62. The van der Waals surface area contributed by atoms with Crippen molar-refractivity contribution in [2.45, 2.75) is 25.3 Å². The average molecular weight is 378 g/mol. The van der Waals surface area contributed by atoms with E-state index in [1.807, 2.05) is 0 Å². The molecule has 3 N–H and O–H groups in total. The van der Waals surface area contributed by atoms with E-state index < -0.39 is 0 Å². The molecule has 0 aromatic heterocycles. The molecule has 3 unspecified atom stereocenters. The Morgan fingerprint density at radius 1 is 1.15 bits per heavy atom. The molecule has 20 heavy (non-hydrogen) atoms. The molecule has 1 fully saturated rings. The lowest BCUT2D eigenvalue weighted by molar-refractivity contribution is 0.485. The van der Waals surface area contributed by atoms with Crippen LogP contribution >= 0.6 is 22.6 Å². The Hall–Kier alpha value is -0.910. The fraction of sp³-hybridized carbons (Fsp3) is 0.294. The Labute approximate surface area is 133 Å². The summed E-state index contributed by atoms with van der Waals surface area (Å²) in [5.74, 6) is 7.08. The fourth-order valence-electron chi connectivity index (χ4n) is 3.02. The largest absolute Gasteiger partial charge is 0.271 e. The highest BCUT2D eigenvalue weighted by Gasteiger charge is 2.44. The van der Waals surface area contributed by atoms with Crippen LogP contribution in [0, 0.1) is 16.4 Å². The maximum Gasteiger partial charge on any atom is 0.0504 e. The van der Waals surface area contributed by atoms with Crippen molar-refractivity contribution in [1.29, 1.82) is 0 Å². The predicted octanol–water partition coefficient (Wildman–Crippen LogP) is 3.91. The molecule has 1 aliphatic rings. The van der Waals surface area contributed by atoms with Gasteiger partial charge in [0.05, 0.1) is 6.04 Å². The van der Waals surface area contributed by atoms with Gasteiger partial charge in [0.15, 0.2) is 0 Å². The summed E-state index contributed by atoms with van der Waals surface area (Å²) >= 11 is 2.43. The van der Waals surface area contributed by atoms with E-state index in [1.54, 1.807) is 0 Å². The molecule has 0 aliphatic heterocycles. The van der Waals surface area contributed by atoms with Crippen LogP contribution in [0.3, 0.4) is 0 Å². The van der Waals surface area contributed by atoms with E-state index in [2.05, 4.69) is 83.5 Å². The second-order valence-electron chi connectivity index (χ2n) is 5.54. The highest BCUT2D eigenvalue weighted by molar-refractivity contribution is 14.1. The minimum Gasteiger partial charge on any atom is -0.271 e. The lowest BCUT2D eigenvalue weighted by atomic mass is 9.98. The SMILES string of the molecule is Cc1cccc(C(NN)C2CC2c2ccccc2)c1I. The van der Waals surface area contributed by atoms with Crippen molar-refractivity contribution in [1.82, 2.24) is 5.43 Å². The molecule has 2 nitrogen and oxygen atoms in total. The first-order valence-electron chi connectivity index (χ1n) is 6.98. The van der Waals surface area contributed by atoms with E-state index in [-0.39, 0.29) is 6.04 Å². The predicted molar refractivity (Wildman–Crippen MR) is 91.3 cm³/mol. The van der Waals surface area contributed by atoms with Crippen LogP contribution in [0.5, 0.6) is 0 Å². The van der Waals surface area contributed by atoms with Gasteiger partial charge in [-0.25, -0.2) is 0 Å². The number of hydrogen-bond donors (Lipinski definition) is 2. The smallest absolute Gasteiger partial charge is 0.0504 e. The molecule has 0 saturated heterocycles. The van der Waals surface area contributed by atoms with Crippen LogP contribution in [0.1, 0.15) is 35.1 Å². The average Bonchev–Trinajstić information content (AvgIpc) is 3.26. The number of benzene rings is 2. The first kappa shape index (κ1) is 14.0. The molecular weight excluding hydrogens is 359 g/mol. The van der Waals surface area contributed by atoms with E-state index in [4.69, 9.17) is 5.84 Å². The van der Waals surface area contributed by atoms with Crippen LogP contribution in [0.4, 0.5) is 0 Å². The summed E-state index contributed by atoms with van der Waals surface area (Å²) in [6, 6.07) is 17.5. The molecule has 1 saturated carbocycles. The summed E-state index contributed by atoms with van der Waals surface area (Å²) in [5.41, 5.74) is 7.12. The van der Waals surface area contributed by atoms with Crippen LogP contribution in [0.15, 0.2) is 48.5 Å². The number of hydrazine groups is 1. The third-order valence-corrected chi connectivity index (χ3v) is 5.71. The van der Waals surface area contributed by atoms with Crippen LogP contribution < -0.4 is 11.3 Å². The van der Waals surface area contributed by atoms with Crippen LogP contribution in [0.2, 0.25) is 0 Å². The molecule has 0 spiro atoms. The summed E-state index contributed by atoms with van der Waals surface area (Å²) in [5, 5.41) is 0. The van der Waals surface area contributed by atoms with Gasteiger partial charge < -0.3 is 0 Å². The third-order valence-electron chi connectivity index (χ3n) is 4.23. The lowest BCUT2D eigenvalue weighted by Crippen LogP contribution is -2.30. The molecule has 1 aliphatic carbocycles. The molecule has 3 rings (SSSR count). The van der Waals surface area contributed by atoms with Gasteiger partial charge in [-0.1, -0.05) is 48.5 Å². The number of aryl methyl sites for hydroxylation is 1. The van der Waals surface area contributed by atoms with E-state index in [9.17, 15) is 0 Å². The van der Waals surface area contributed by atoms with E-state index >= 15 is 0 Å². The second kappa shape index (κ2) is 5.84. The molecule has 2 aromatic rings. The highest BCUT2D eigenvalue weighted by atomic mass is 127. The molecular formula is C17H19IN2. The molecule has 3 atom stereocenters. The first-order valence-corrected chi connectivity index (χ1v) is 8.06. The van der Waals surface area contributed by atoms with Gasteiger partial charge in [-0.15, -0.1) is 0 Å². The van der Waals surface area contributed by atoms with Crippen molar-refractivity contribution in [3.8, 4) is 0 Å². The Morgan fingerprint density at radius 3 is 2.60 bits per heavy atom. The van der Waals surface area contributed by atoms with E-state index in [0.717, 1.165) is 0 Å². The normalized spacial score (nSPS) is 22.6.